The first-order chi connectivity index (χ1) is 16.6. The lowest BCUT2D eigenvalue weighted by molar-refractivity contribution is 0.0964. The van der Waals surface area contributed by atoms with Crippen LogP contribution >= 0.6 is 11.3 Å². The molecule has 1 aromatic carbocycles. The molecule has 1 amide bonds. The monoisotopic (exact) mass is 516 g/mol. The van der Waals surface area contributed by atoms with Crippen LogP contribution in [-0.4, -0.2) is 44.1 Å². The average molecular weight is 517 g/mol. The van der Waals surface area contributed by atoms with Crippen molar-refractivity contribution in [2.45, 2.75) is 26.7 Å². The minimum absolute atomic E-state index is 0.123. The van der Waals surface area contributed by atoms with Crippen LogP contribution in [0.15, 0.2) is 40.3 Å². The van der Waals surface area contributed by atoms with Gasteiger partial charge in [-0.3, -0.25) is 9.10 Å². The van der Waals surface area contributed by atoms with E-state index in [1.165, 1.54) is 47.0 Å². The van der Waals surface area contributed by atoms with Gasteiger partial charge in [-0.2, -0.15) is 4.98 Å². The van der Waals surface area contributed by atoms with E-state index in [2.05, 4.69) is 15.3 Å². The SMILES string of the molecule is CCc1cc2c(C(=O)NC)c(-c3ccc(F)cc3)oc2nc1N(CCc1scnc1C)S(C)(=O)=O. The molecule has 0 fully saturated rings. The van der Waals surface area contributed by atoms with E-state index in [-0.39, 0.29) is 35.3 Å². The summed E-state index contributed by atoms with van der Waals surface area (Å²) in [5.74, 6) is -0.315. The van der Waals surface area contributed by atoms with Crippen molar-refractivity contribution in [2.75, 3.05) is 24.2 Å². The van der Waals surface area contributed by atoms with Gasteiger partial charge in [0, 0.05) is 30.5 Å². The highest BCUT2D eigenvalue weighted by molar-refractivity contribution is 7.92. The smallest absolute Gasteiger partial charge is 0.255 e. The van der Waals surface area contributed by atoms with Gasteiger partial charge in [-0.15, -0.1) is 11.3 Å². The summed E-state index contributed by atoms with van der Waals surface area (Å²) < 4.78 is 46.4. The first kappa shape index (κ1) is 24.8. The number of nitrogens with zero attached hydrogens (tertiary/aromatic N) is 3. The first-order valence-corrected chi connectivity index (χ1v) is 13.7. The molecule has 0 radical (unpaired) electrons. The van der Waals surface area contributed by atoms with Crippen LogP contribution in [0.3, 0.4) is 0 Å². The fraction of sp³-hybridized carbons (Fsp3) is 0.292. The summed E-state index contributed by atoms with van der Waals surface area (Å²) in [5.41, 5.74) is 4.14. The highest BCUT2D eigenvalue weighted by Gasteiger charge is 2.27. The third kappa shape index (κ3) is 4.92. The molecule has 4 rings (SSSR count). The number of halogens is 1. The molecule has 0 aliphatic heterocycles. The number of nitrogens with one attached hydrogen (secondary N) is 1. The minimum Gasteiger partial charge on any atom is -0.437 e. The van der Waals surface area contributed by atoms with Gasteiger partial charge in [0.05, 0.1) is 28.4 Å². The summed E-state index contributed by atoms with van der Waals surface area (Å²) >= 11 is 1.48. The van der Waals surface area contributed by atoms with Gasteiger partial charge < -0.3 is 9.73 Å². The lowest BCUT2D eigenvalue weighted by atomic mass is 10.0. The molecule has 0 saturated carbocycles. The van der Waals surface area contributed by atoms with E-state index in [9.17, 15) is 17.6 Å². The first-order valence-electron chi connectivity index (χ1n) is 10.9. The second-order valence-electron chi connectivity index (χ2n) is 8.02. The van der Waals surface area contributed by atoms with Gasteiger partial charge >= 0.3 is 0 Å². The van der Waals surface area contributed by atoms with Crippen molar-refractivity contribution in [1.29, 1.82) is 0 Å². The number of thiazole rings is 1. The lowest BCUT2D eigenvalue weighted by Crippen LogP contribution is -2.33. The molecule has 3 aromatic heterocycles. The fourth-order valence-electron chi connectivity index (χ4n) is 3.88. The van der Waals surface area contributed by atoms with Gasteiger partial charge in [-0.1, -0.05) is 6.92 Å². The van der Waals surface area contributed by atoms with Gasteiger partial charge in [0.25, 0.3) is 5.91 Å². The Bertz CT molecular complexity index is 1490. The number of hydrogen-bond donors (Lipinski definition) is 1. The summed E-state index contributed by atoms with van der Waals surface area (Å²) in [5, 5.41) is 3.06. The minimum atomic E-state index is -3.67. The van der Waals surface area contributed by atoms with Crippen LogP contribution < -0.4 is 9.62 Å². The van der Waals surface area contributed by atoms with Crippen LogP contribution in [0.4, 0.5) is 10.2 Å². The molecule has 0 bridgehead atoms. The van der Waals surface area contributed by atoms with Gasteiger partial charge in [-0.25, -0.2) is 17.8 Å². The van der Waals surface area contributed by atoms with E-state index in [1.807, 2.05) is 13.8 Å². The molecule has 0 aliphatic carbocycles. The molecule has 3 heterocycles. The van der Waals surface area contributed by atoms with E-state index in [0.29, 0.717) is 29.4 Å². The zero-order valence-electron chi connectivity index (χ0n) is 19.8. The maximum absolute atomic E-state index is 13.5. The fourth-order valence-corrected chi connectivity index (χ4v) is 5.55. The Balaban J connectivity index is 1.88. The van der Waals surface area contributed by atoms with Gasteiger partial charge in [0.2, 0.25) is 15.7 Å². The zero-order valence-corrected chi connectivity index (χ0v) is 21.4. The van der Waals surface area contributed by atoms with E-state index in [4.69, 9.17) is 4.42 Å². The molecule has 1 N–H and O–H groups in total. The average Bonchev–Trinajstić information content (AvgIpc) is 3.40. The second-order valence-corrected chi connectivity index (χ2v) is 10.9. The number of amides is 1. The molecule has 4 aromatic rings. The van der Waals surface area contributed by atoms with Crippen LogP contribution in [0.2, 0.25) is 0 Å². The molecule has 0 aliphatic rings. The van der Waals surface area contributed by atoms with E-state index < -0.39 is 15.8 Å². The Morgan fingerprint density at radius 3 is 2.54 bits per heavy atom. The van der Waals surface area contributed by atoms with Crippen LogP contribution in [0.1, 0.15) is 33.4 Å². The molecule has 0 saturated heterocycles. The third-order valence-corrected chi connectivity index (χ3v) is 7.85. The Kier molecular flexibility index (Phi) is 6.91. The summed E-state index contributed by atoms with van der Waals surface area (Å²) in [6, 6.07) is 7.33. The number of hydrogen-bond acceptors (Lipinski definition) is 7. The highest BCUT2D eigenvalue weighted by atomic mass is 32.2. The number of anilines is 1. The zero-order chi connectivity index (χ0) is 25.3. The number of furan rings is 1. The number of carbonyl (C=O) groups excluding carboxylic acids is 1. The second kappa shape index (κ2) is 9.74. The molecule has 0 atom stereocenters. The maximum Gasteiger partial charge on any atom is 0.255 e. The van der Waals surface area contributed by atoms with Crippen molar-refractivity contribution in [3.8, 4) is 11.3 Å². The number of benzene rings is 1. The molecular formula is C24H25FN4O4S2. The van der Waals surface area contributed by atoms with Crippen molar-refractivity contribution in [3.63, 3.8) is 0 Å². The van der Waals surface area contributed by atoms with Crippen molar-refractivity contribution in [1.82, 2.24) is 15.3 Å². The Labute approximate surface area is 206 Å². The largest absolute Gasteiger partial charge is 0.437 e. The molecule has 35 heavy (non-hydrogen) atoms. The van der Waals surface area contributed by atoms with Crippen LogP contribution in [-0.2, 0) is 22.9 Å². The maximum atomic E-state index is 13.5. The van der Waals surface area contributed by atoms with Gasteiger partial charge in [0.15, 0.2) is 0 Å². The van der Waals surface area contributed by atoms with Crippen molar-refractivity contribution < 1.29 is 22.0 Å². The van der Waals surface area contributed by atoms with Gasteiger partial charge in [-0.05, 0) is 49.2 Å². The van der Waals surface area contributed by atoms with Crippen LogP contribution in [0, 0.1) is 12.7 Å². The highest BCUT2D eigenvalue weighted by Crippen LogP contribution is 2.36. The molecule has 0 unspecified atom stereocenters. The summed E-state index contributed by atoms with van der Waals surface area (Å²) in [4.78, 5) is 22.6. The molecule has 184 valence electrons. The number of sulfonamides is 1. The number of aryl methyl sites for hydroxylation is 2. The number of rotatable bonds is 8. The topological polar surface area (TPSA) is 105 Å². The number of carbonyl (C=O) groups is 1. The molecule has 8 nitrogen and oxygen atoms in total. The van der Waals surface area contributed by atoms with E-state index in [0.717, 1.165) is 16.8 Å². The summed E-state index contributed by atoms with van der Waals surface area (Å²) in [6.45, 7) is 3.96. The van der Waals surface area contributed by atoms with Crippen molar-refractivity contribution in [3.05, 3.63) is 63.4 Å². The quantitative estimate of drug-likeness (QED) is 0.374. The van der Waals surface area contributed by atoms with E-state index >= 15 is 0 Å². The number of aromatic nitrogens is 2. The molecule has 11 heteroatoms. The van der Waals surface area contributed by atoms with Crippen molar-refractivity contribution >= 4 is 44.2 Å². The van der Waals surface area contributed by atoms with Crippen molar-refractivity contribution in [2.24, 2.45) is 0 Å². The summed E-state index contributed by atoms with van der Waals surface area (Å²) in [6.07, 6.45) is 2.10. The normalized spacial score (nSPS) is 11.7. The Hall–Kier alpha value is -3.31. The third-order valence-electron chi connectivity index (χ3n) is 5.70. The summed E-state index contributed by atoms with van der Waals surface area (Å²) in [7, 11) is -2.17. The predicted molar refractivity (Wildman–Crippen MR) is 135 cm³/mol. The number of pyridine rings is 1. The van der Waals surface area contributed by atoms with E-state index in [1.54, 1.807) is 11.6 Å². The Morgan fingerprint density at radius 1 is 1.26 bits per heavy atom. The predicted octanol–water partition coefficient (Wildman–Crippen LogP) is 4.33. The molecule has 0 spiro atoms. The van der Waals surface area contributed by atoms with Crippen LogP contribution in [0.25, 0.3) is 22.4 Å². The van der Waals surface area contributed by atoms with Gasteiger partial charge in [0.1, 0.15) is 17.4 Å². The molecular weight excluding hydrogens is 491 g/mol. The lowest BCUT2D eigenvalue weighted by Gasteiger charge is -2.23. The van der Waals surface area contributed by atoms with Crippen LogP contribution in [0.5, 0.6) is 0 Å². The Morgan fingerprint density at radius 2 is 1.97 bits per heavy atom. The standard InChI is InChI=1S/C24H25FN4O4S2/c1-5-15-12-18-20(23(30)26-3)21(16-6-8-17(25)9-7-16)33-24(18)28-22(15)29(35(4,31)32)11-10-19-14(2)27-13-34-19/h6-9,12-13H,5,10-11H2,1-4H3,(H,26,30). The number of fused-ring (bicyclic) bond motifs is 1.